The van der Waals surface area contributed by atoms with Gasteiger partial charge >= 0.3 is 0 Å². The van der Waals surface area contributed by atoms with Gasteiger partial charge in [-0.05, 0) is 49.1 Å². The van der Waals surface area contributed by atoms with Crippen LogP contribution in [0.3, 0.4) is 0 Å². The van der Waals surface area contributed by atoms with Crippen molar-refractivity contribution in [1.82, 2.24) is 14.6 Å². The van der Waals surface area contributed by atoms with Gasteiger partial charge < -0.3 is 16.4 Å². The van der Waals surface area contributed by atoms with Gasteiger partial charge in [-0.1, -0.05) is 61.6 Å². The first kappa shape index (κ1) is 30.4. The van der Waals surface area contributed by atoms with Crippen molar-refractivity contribution in [3.63, 3.8) is 0 Å². The predicted octanol–water partition coefficient (Wildman–Crippen LogP) is 3.68. The Bertz CT molecular complexity index is 1500. The molecule has 2 aromatic carbocycles. The SMILES string of the molecule is Cc1ccc(S(=O)(=O)N(C)C)cc1NC(=O)[C@@H](CC1CCCCC1)N=C(N)NC(=O)CNc1nc2ccccc2s1. The van der Waals surface area contributed by atoms with Crippen molar-refractivity contribution in [2.75, 3.05) is 31.3 Å². The summed E-state index contributed by atoms with van der Waals surface area (Å²) in [4.78, 5) is 35.0. The number of anilines is 2. The van der Waals surface area contributed by atoms with Crippen molar-refractivity contribution in [3.8, 4) is 0 Å². The zero-order valence-electron chi connectivity index (χ0n) is 23.5. The minimum atomic E-state index is -3.68. The maximum atomic E-state index is 13.5. The molecule has 220 valence electrons. The Morgan fingerprint density at radius 2 is 1.88 bits per heavy atom. The molecule has 0 spiro atoms. The Kier molecular flexibility index (Phi) is 9.94. The second-order valence-electron chi connectivity index (χ2n) is 10.4. The topological polar surface area (TPSA) is 159 Å². The van der Waals surface area contributed by atoms with E-state index >= 15 is 0 Å². The molecule has 5 N–H and O–H groups in total. The van der Waals surface area contributed by atoms with Crippen molar-refractivity contribution >= 4 is 60.2 Å². The van der Waals surface area contributed by atoms with E-state index in [0.29, 0.717) is 28.7 Å². The molecular formula is C28H37N7O4S2. The number of carbonyl (C=O) groups excluding carboxylic acids is 2. The Balaban J connectivity index is 1.46. The highest BCUT2D eigenvalue weighted by Crippen LogP contribution is 2.29. The zero-order chi connectivity index (χ0) is 29.6. The van der Waals surface area contributed by atoms with Crippen molar-refractivity contribution in [3.05, 3.63) is 48.0 Å². The van der Waals surface area contributed by atoms with Gasteiger partial charge in [0.1, 0.15) is 6.04 Å². The highest BCUT2D eigenvalue weighted by Gasteiger charge is 2.26. The fourth-order valence-corrected chi connectivity index (χ4v) is 6.56. The lowest BCUT2D eigenvalue weighted by atomic mass is 9.84. The second-order valence-corrected chi connectivity index (χ2v) is 13.6. The number of aliphatic imine (C=N–C) groups is 1. The van der Waals surface area contributed by atoms with Gasteiger partial charge in [0.15, 0.2) is 11.1 Å². The van der Waals surface area contributed by atoms with Gasteiger partial charge in [0, 0.05) is 19.8 Å². The monoisotopic (exact) mass is 599 g/mol. The normalized spacial score (nSPS) is 15.6. The number of nitrogens with zero attached hydrogens (tertiary/aromatic N) is 3. The van der Waals surface area contributed by atoms with Crippen LogP contribution in [0.5, 0.6) is 0 Å². The number of amides is 2. The highest BCUT2D eigenvalue weighted by atomic mass is 32.2. The number of benzene rings is 2. The summed E-state index contributed by atoms with van der Waals surface area (Å²) >= 11 is 1.44. The third-order valence-electron chi connectivity index (χ3n) is 7.09. The molecule has 1 heterocycles. The molecule has 1 saturated carbocycles. The lowest BCUT2D eigenvalue weighted by Gasteiger charge is -2.25. The van der Waals surface area contributed by atoms with Crippen LogP contribution in [0, 0.1) is 12.8 Å². The first-order valence-corrected chi connectivity index (χ1v) is 15.8. The summed E-state index contributed by atoms with van der Waals surface area (Å²) in [5.74, 6) is -0.686. The molecule has 0 aliphatic heterocycles. The molecule has 11 nitrogen and oxygen atoms in total. The number of hydrogen-bond donors (Lipinski definition) is 4. The summed E-state index contributed by atoms with van der Waals surface area (Å²) in [6.45, 7) is 1.72. The third-order valence-corrected chi connectivity index (χ3v) is 9.89. The Morgan fingerprint density at radius 1 is 1.15 bits per heavy atom. The van der Waals surface area contributed by atoms with Crippen LogP contribution in [0.4, 0.5) is 10.8 Å². The van der Waals surface area contributed by atoms with Crippen LogP contribution in [0.2, 0.25) is 0 Å². The minimum Gasteiger partial charge on any atom is -0.370 e. The zero-order valence-corrected chi connectivity index (χ0v) is 25.1. The molecule has 0 saturated heterocycles. The molecule has 41 heavy (non-hydrogen) atoms. The molecular weight excluding hydrogens is 562 g/mol. The highest BCUT2D eigenvalue weighted by molar-refractivity contribution is 7.89. The summed E-state index contributed by atoms with van der Waals surface area (Å²) in [5, 5.41) is 9.02. The fraction of sp³-hybridized carbons (Fsp3) is 0.429. The largest absolute Gasteiger partial charge is 0.370 e. The van der Waals surface area contributed by atoms with E-state index in [1.807, 2.05) is 24.3 Å². The van der Waals surface area contributed by atoms with Crippen LogP contribution >= 0.6 is 11.3 Å². The quantitative estimate of drug-likeness (QED) is 0.204. The van der Waals surface area contributed by atoms with Gasteiger partial charge in [0.05, 0.1) is 21.7 Å². The summed E-state index contributed by atoms with van der Waals surface area (Å²) in [5.41, 5.74) is 8.03. The van der Waals surface area contributed by atoms with E-state index < -0.39 is 27.9 Å². The summed E-state index contributed by atoms with van der Waals surface area (Å²) in [6, 6.07) is 11.4. The lowest BCUT2D eigenvalue weighted by molar-refractivity contribution is -0.119. The number of nitrogens with one attached hydrogen (secondary N) is 3. The number of para-hydroxylation sites is 1. The van der Waals surface area contributed by atoms with Gasteiger partial charge in [-0.15, -0.1) is 0 Å². The molecule has 1 atom stereocenters. The van der Waals surface area contributed by atoms with Crippen LogP contribution in [0.1, 0.15) is 44.1 Å². The number of carbonyl (C=O) groups is 2. The molecule has 3 aromatic rings. The van der Waals surface area contributed by atoms with Gasteiger partial charge in [-0.2, -0.15) is 0 Å². The van der Waals surface area contributed by atoms with Crippen LogP contribution in [-0.4, -0.2) is 62.2 Å². The molecule has 0 unspecified atom stereocenters. The summed E-state index contributed by atoms with van der Waals surface area (Å²) in [7, 11) is -0.779. The molecule has 4 rings (SSSR count). The first-order chi connectivity index (χ1) is 19.5. The molecule has 1 aliphatic rings. The van der Waals surface area contributed by atoms with Crippen molar-refractivity contribution in [1.29, 1.82) is 0 Å². The van der Waals surface area contributed by atoms with Gasteiger partial charge in [-0.3, -0.25) is 14.9 Å². The summed E-state index contributed by atoms with van der Waals surface area (Å²) in [6.07, 6.45) is 5.82. The van der Waals surface area contributed by atoms with E-state index in [1.165, 1.54) is 44.0 Å². The van der Waals surface area contributed by atoms with E-state index in [0.717, 1.165) is 40.2 Å². The fourth-order valence-electron chi connectivity index (χ4n) is 4.77. The van der Waals surface area contributed by atoms with Crippen LogP contribution in [0.25, 0.3) is 10.2 Å². The van der Waals surface area contributed by atoms with Crippen LogP contribution in [-0.2, 0) is 19.6 Å². The van der Waals surface area contributed by atoms with E-state index in [4.69, 9.17) is 5.73 Å². The molecule has 1 aliphatic carbocycles. The average molecular weight is 600 g/mol. The van der Waals surface area contributed by atoms with Gasteiger partial charge in [0.25, 0.3) is 0 Å². The van der Waals surface area contributed by atoms with E-state index in [1.54, 1.807) is 13.0 Å². The molecule has 0 radical (unpaired) electrons. The number of fused-ring (bicyclic) bond motifs is 1. The number of thiazole rings is 1. The standard InChI is InChI=1S/C28H37N7O4S2/c1-18-13-14-20(41(38,39)35(2)3)16-22(18)31-26(37)23(15-19-9-5-4-6-10-19)32-27(29)34-25(36)17-30-28-33-21-11-7-8-12-24(21)40-28/h7-8,11-14,16,19,23H,4-6,9-10,15,17H2,1-3H3,(H,30,33)(H,31,37)(H3,29,32,34,36)/t23-/m1/s1. The maximum absolute atomic E-state index is 13.5. The molecule has 1 fully saturated rings. The Labute approximate surface area is 244 Å². The molecule has 0 bridgehead atoms. The number of aryl methyl sites for hydroxylation is 1. The third kappa shape index (κ3) is 8.02. The second kappa shape index (κ2) is 13.4. The van der Waals surface area contributed by atoms with Crippen molar-refractivity contribution < 1.29 is 18.0 Å². The Hall–Kier alpha value is -3.55. The van der Waals surface area contributed by atoms with Crippen molar-refractivity contribution in [2.24, 2.45) is 16.6 Å². The maximum Gasteiger partial charge on any atom is 0.249 e. The van der Waals surface area contributed by atoms with E-state index in [9.17, 15) is 18.0 Å². The predicted molar refractivity (Wildman–Crippen MR) is 164 cm³/mol. The van der Waals surface area contributed by atoms with Gasteiger partial charge in [0.2, 0.25) is 21.8 Å². The minimum absolute atomic E-state index is 0.0676. The first-order valence-electron chi connectivity index (χ1n) is 13.6. The number of nitrogens with two attached hydrogens (primary N) is 1. The number of aromatic nitrogens is 1. The number of guanidine groups is 1. The average Bonchev–Trinajstić information content (AvgIpc) is 3.36. The molecule has 2 amide bonds. The van der Waals surface area contributed by atoms with Crippen LogP contribution < -0.4 is 21.7 Å². The summed E-state index contributed by atoms with van der Waals surface area (Å²) < 4.78 is 27.4. The number of hydrogen-bond acceptors (Lipinski definition) is 8. The van der Waals surface area contributed by atoms with Gasteiger partial charge in [-0.25, -0.2) is 22.7 Å². The molecule has 13 heteroatoms. The van der Waals surface area contributed by atoms with Crippen LogP contribution in [0.15, 0.2) is 52.4 Å². The smallest absolute Gasteiger partial charge is 0.249 e. The number of sulfonamides is 1. The van der Waals surface area contributed by atoms with E-state index in [-0.39, 0.29) is 17.4 Å². The van der Waals surface area contributed by atoms with Crippen molar-refractivity contribution in [2.45, 2.75) is 56.4 Å². The Morgan fingerprint density at radius 3 is 2.59 bits per heavy atom. The number of rotatable bonds is 10. The van der Waals surface area contributed by atoms with E-state index in [2.05, 4.69) is 25.9 Å². The lowest BCUT2D eigenvalue weighted by Crippen LogP contribution is -2.42. The molecule has 1 aromatic heterocycles.